The molecule has 5 amide bonds. The number of aromatic nitrogens is 4. The number of fused-ring (bicyclic) bond motifs is 2. The van der Waals surface area contributed by atoms with E-state index in [9.17, 15) is 28.8 Å². The third kappa shape index (κ3) is 11.3. The molecule has 0 bridgehead atoms. The zero-order valence-electron chi connectivity index (χ0n) is 38.3. The number of nitrogens with one attached hydrogen (secondary N) is 1. The van der Waals surface area contributed by atoms with Crippen LogP contribution in [0.15, 0.2) is 48.8 Å². The van der Waals surface area contributed by atoms with E-state index in [4.69, 9.17) is 28.9 Å². The normalized spacial score (nSPS) is 18.0. The maximum atomic E-state index is 13.2. The summed E-state index contributed by atoms with van der Waals surface area (Å²) >= 11 is 0. The van der Waals surface area contributed by atoms with Crippen LogP contribution in [-0.2, 0) is 35.0 Å². The fourth-order valence-corrected chi connectivity index (χ4v) is 9.10. The maximum absolute atomic E-state index is 13.2. The molecule has 8 rings (SSSR count). The lowest BCUT2D eigenvalue weighted by molar-refractivity contribution is -0.136. The highest BCUT2D eigenvalue weighted by Crippen LogP contribution is 2.36. The molecule has 19 nitrogen and oxygen atoms in total. The predicted molar refractivity (Wildman–Crippen MR) is 244 cm³/mol. The van der Waals surface area contributed by atoms with Crippen LogP contribution < -0.4 is 15.0 Å². The van der Waals surface area contributed by atoms with Gasteiger partial charge in [0, 0.05) is 89.6 Å². The largest absolute Gasteiger partial charge is 0.485 e. The van der Waals surface area contributed by atoms with E-state index in [0.29, 0.717) is 64.0 Å². The number of anilines is 1. The first-order valence-corrected chi connectivity index (χ1v) is 23.3. The Hall–Kier alpha value is -6.15. The maximum Gasteiger partial charge on any atom is 0.270 e. The van der Waals surface area contributed by atoms with Gasteiger partial charge in [0.25, 0.3) is 17.7 Å². The van der Waals surface area contributed by atoms with Crippen molar-refractivity contribution in [1.29, 1.82) is 0 Å². The standard InChI is InChI=1S/C48H59N9O10/c1-53(2)47(62)39-27-32-29-50-41(51-44(32)56(39)34-7-3-4-8-34)28-33-12-13-35(30-49-33)55-18-16-54(17-19-55)20-22-65-24-26-66-25-23-64-21-6-9-36(58)31-67-40-11-5-10-37-43(40)48(63)57(46(37)61)38-14-15-42(59)52-45(38)60/h5,10-13,27,29-30,34,38H,3-4,6-9,14-26,28,31H2,1-2H3,(H,52,59,60). The molecule has 1 saturated carbocycles. The molecule has 1 aromatic carbocycles. The predicted octanol–water partition coefficient (Wildman–Crippen LogP) is 3.24. The number of carbonyl (C=O) groups is 6. The summed E-state index contributed by atoms with van der Waals surface area (Å²) in [5, 5.41) is 3.06. The number of piperazine rings is 1. The van der Waals surface area contributed by atoms with E-state index >= 15 is 0 Å². The lowest BCUT2D eigenvalue weighted by atomic mass is 10.0. The zero-order chi connectivity index (χ0) is 46.9. The Balaban J connectivity index is 0.655. The number of rotatable bonds is 22. The Bertz CT molecular complexity index is 2440. The van der Waals surface area contributed by atoms with Crippen molar-refractivity contribution in [1.82, 2.24) is 39.5 Å². The minimum atomic E-state index is -1.09. The number of nitrogens with zero attached hydrogens (tertiary/aromatic N) is 8. The SMILES string of the molecule is CN(C)C(=O)c1cc2cnc(Cc3ccc(N4CCN(CCOCCOCCOCCCC(=O)COc5cccc6c5C(=O)N(C5CCC(=O)NC5=O)C6=O)CC4)cn3)nc2n1C1CCCC1. The van der Waals surface area contributed by atoms with Gasteiger partial charge in [0.2, 0.25) is 11.8 Å². The smallest absolute Gasteiger partial charge is 0.270 e. The van der Waals surface area contributed by atoms with E-state index in [2.05, 4.69) is 36.8 Å². The van der Waals surface area contributed by atoms with Crippen LogP contribution in [0.2, 0.25) is 0 Å². The number of hydrogen-bond acceptors (Lipinski definition) is 15. The lowest BCUT2D eigenvalue weighted by Crippen LogP contribution is -2.54. The first kappa shape index (κ1) is 47.3. The van der Waals surface area contributed by atoms with Crippen LogP contribution in [0.3, 0.4) is 0 Å². The van der Waals surface area contributed by atoms with Crippen LogP contribution in [0.25, 0.3) is 11.0 Å². The summed E-state index contributed by atoms with van der Waals surface area (Å²) in [7, 11) is 3.56. The van der Waals surface area contributed by atoms with E-state index in [1.165, 1.54) is 12.1 Å². The monoisotopic (exact) mass is 921 g/mol. The van der Waals surface area contributed by atoms with Crippen molar-refractivity contribution in [3.05, 3.63) is 77.1 Å². The molecule has 1 unspecified atom stereocenters. The van der Waals surface area contributed by atoms with Gasteiger partial charge in [0.05, 0.1) is 62.5 Å². The molecule has 2 saturated heterocycles. The Morgan fingerprint density at radius 1 is 0.836 bits per heavy atom. The molecule has 4 aliphatic rings. The molecule has 4 aromatic rings. The molecule has 3 fully saturated rings. The number of pyridine rings is 1. The summed E-state index contributed by atoms with van der Waals surface area (Å²) in [6.07, 6.45) is 9.43. The number of imide groups is 2. The van der Waals surface area contributed by atoms with Gasteiger partial charge in [0.15, 0.2) is 5.78 Å². The molecule has 67 heavy (non-hydrogen) atoms. The Kier molecular flexibility index (Phi) is 15.6. The summed E-state index contributed by atoms with van der Waals surface area (Å²) in [6, 6.07) is 9.80. The highest BCUT2D eigenvalue weighted by atomic mass is 16.5. The van der Waals surface area contributed by atoms with Crippen molar-refractivity contribution in [2.45, 2.75) is 69.9 Å². The third-order valence-corrected chi connectivity index (χ3v) is 12.7. The number of carbonyl (C=O) groups excluding carboxylic acids is 6. The van der Waals surface area contributed by atoms with Gasteiger partial charge in [-0.3, -0.25) is 48.9 Å². The van der Waals surface area contributed by atoms with Crippen molar-refractivity contribution in [3.63, 3.8) is 0 Å². The van der Waals surface area contributed by atoms with E-state index in [1.54, 1.807) is 25.1 Å². The van der Waals surface area contributed by atoms with Gasteiger partial charge in [-0.2, -0.15) is 0 Å². The van der Waals surface area contributed by atoms with Gasteiger partial charge < -0.3 is 33.3 Å². The molecule has 3 aromatic heterocycles. The Morgan fingerprint density at radius 2 is 1.58 bits per heavy atom. The van der Waals surface area contributed by atoms with Crippen molar-refractivity contribution >= 4 is 52.0 Å². The number of piperidine rings is 1. The topological polar surface area (TPSA) is 208 Å². The molecule has 3 aliphatic heterocycles. The van der Waals surface area contributed by atoms with E-state index < -0.39 is 29.7 Å². The second-order valence-electron chi connectivity index (χ2n) is 17.5. The lowest BCUT2D eigenvalue weighted by Gasteiger charge is -2.35. The molecule has 356 valence electrons. The minimum absolute atomic E-state index is 0.00484. The molecule has 1 N–H and O–H groups in total. The number of Topliss-reactive ketones (excluding diaryl/α,β-unsaturated/α-hetero) is 1. The van der Waals surface area contributed by atoms with Crippen molar-refractivity contribution in [3.8, 4) is 5.75 Å². The molecule has 1 aliphatic carbocycles. The van der Waals surface area contributed by atoms with Gasteiger partial charge in [-0.05, 0) is 56.0 Å². The molecule has 6 heterocycles. The van der Waals surface area contributed by atoms with Gasteiger partial charge in [-0.25, -0.2) is 9.97 Å². The molecule has 0 spiro atoms. The fraction of sp³-hybridized carbons (Fsp3) is 0.521. The molecule has 19 heteroatoms. The minimum Gasteiger partial charge on any atom is -0.485 e. The van der Waals surface area contributed by atoms with E-state index in [0.717, 1.165) is 85.7 Å². The van der Waals surface area contributed by atoms with Crippen LogP contribution in [0.4, 0.5) is 5.69 Å². The number of hydrogen-bond donors (Lipinski definition) is 1. The van der Waals surface area contributed by atoms with Gasteiger partial charge in [-0.1, -0.05) is 18.9 Å². The molecule has 1 atom stereocenters. The number of benzene rings is 1. The fourth-order valence-electron chi connectivity index (χ4n) is 9.10. The van der Waals surface area contributed by atoms with Crippen LogP contribution in [-0.4, -0.2) is 169 Å². The third-order valence-electron chi connectivity index (χ3n) is 12.7. The average Bonchev–Trinajstić information content (AvgIpc) is 4.06. The summed E-state index contributed by atoms with van der Waals surface area (Å²) in [4.78, 5) is 97.4. The second-order valence-corrected chi connectivity index (χ2v) is 17.5. The van der Waals surface area contributed by atoms with Crippen molar-refractivity contribution < 1.29 is 47.7 Å². The average molecular weight is 922 g/mol. The van der Waals surface area contributed by atoms with Gasteiger partial charge >= 0.3 is 0 Å². The van der Waals surface area contributed by atoms with Crippen LogP contribution in [0.1, 0.15) is 100 Å². The summed E-state index contributed by atoms with van der Waals surface area (Å²) in [5.74, 6) is -1.92. The molecule has 0 radical (unpaired) electrons. The van der Waals surface area contributed by atoms with Crippen LogP contribution in [0.5, 0.6) is 5.75 Å². The van der Waals surface area contributed by atoms with Crippen LogP contribution >= 0.6 is 0 Å². The summed E-state index contributed by atoms with van der Waals surface area (Å²) in [6.45, 7) is 6.88. The molecular formula is C48H59N9O10. The Morgan fingerprint density at radius 3 is 2.30 bits per heavy atom. The molecular weight excluding hydrogens is 863 g/mol. The van der Waals surface area contributed by atoms with E-state index in [1.807, 2.05) is 18.5 Å². The number of ether oxygens (including phenoxy) is 4. The van der Waals surface area contributed by atoms with Crippen LogP contribution in [0, 0.1) is 0 Å². The zero-order valence-corrected chi connectivity index (χ0v) is 38.3. The highest BCUT2D eigenvalue weighted by molar-refractivity contribution is 6.24. The van der Waals surface area contributed by atoms with Crippen molar-refractivity contribution in [2.75, 3.05) is 98.0 Å². The second kappa shape index (κ2) is 22.1. The first-order chi connectivity index (χ1) is 32.5. The quantitative estimate of drug-likeness (QED) is 0.0887. The first-order valence-electron chi connectivity index (χ1n) is 23.3. The summed E-state index contributed by atoms with van der Waals surface area (Å²) in [5.41, 5.74) is 3.58. The number of amides is 5. The number of ketones is 1. The highest BCUT2D eigenvalue weighted by Gasteiger charge is 2.46. The van der Waals surface area contributed by atoms with Crippen molar-refractivity contribution in [2.24, 2.45) is 0 Å². The van der Waals surface area contributed by atoms with Gasteiger partial charge in [-0.15, -0.1) is 0 Å². The summed E-state index contributed by atoms with van der Waals surface area (Å²) < 4.78 is 24.9. The van der Waals surface area contributed by atoms with Gasteiger partial charge in [0.1, 0.15) is 35.6 Å². The Labute approximate surface area is 389 Å². The van der Waals surface area contributed by atoms with E-state index in [-0.39, 0.29) is 60.5 Å².